The lowest BCUT2D eigenvalue weighted by molar-refractivity contribution is -0.136. The van der Waals surface area contributed by atoms with Crippen LogP contribution in [0.5, 0.6) is 0 Å². The maximum absolute atomic E-state index is 13.5. The van der Waals surface area contributed by atoms with Crippen LogP contribution in [0.2, 0.25) is 0 Å². The van der Waals surface area contributed by atoms with Gasteiger partial charge >= 0.3 is 0 Å². The van der Waals surface area contributed by atoms with Gasteiger partial charge in [0.15, 0.2) is 0 Å². The summed E-state index contributed by atoms with van der Waals surface area (Å²) in [6.45, 7) is 2.15. The summed E-state index contributed by atoms with van der Waals surface area (Å²) in [5.74, 6) is -0.138. The van der Waals surface area contributed by atoms with Crippen LogP contribution in [0.15, 0.2) is 18.2 Å². The zero-order valence-corrected chi connectivity index (χ0v) is 12.1. The number of nitrogens with zero attached hydrogens (tertiary/aromatic N) is 1. The smallest absolute Gasteiger partial charge is 0.225 e. The average molecular weight is 279 g/mol. The Morgan fingerprint density at radius 2 is 2.00 bits per heavy atom. The monoisotopic (exact) mass is 279 g/mol. The van der Waals surface area contributed by atoms with Crippen LogP contribution in [0.3, 0.4) is 0 Å². The second-order valence-electron chi connectivity index (χ2n) is 5.78. The van der Waals surface area contributed by atoms with Gasteiger partial charge in [-0.05, 0) is 49.8 Å². The summed E-state index contributed by atoms with van der Waals surface area (Å²) in [5, 5.41) is 9.47. The molecule has 20 heavy (non-hydrogen) atoms. The number of aryl methyl sites for hydroxylation is 1. The van der Waals surface area contributed by atoms with Crippen LogP contribution in [0.1, 0.15) is 36.8 Å². The van der Waals surface area contributed by atoms with Gasteiger partial charge in [-0.15, -0.1) is 0 Å². The summed E-state index contributed by atoms with van der Waals surface area (Å²) in [6.07, 6.45) is 2.63. The third kappa shape index (κ3) is 3.57. The molecule has 0 aromatic heterocycles. The van der Waals surface area contributed by atoms with Gasteiger partial charge in [0, 0.05) is 19.5 Å². The number of carbonyl (C=O) groups excluding carboxylic acids is 1. The Balaban J connectivity index is 1.95. The van der Waals surface area contributed by atoms with Crippen molar-refractivity contribution < 1.29 is 14.3 Å². The number of amides is 1. The van der Waals surface area contributed by atoms with Gasteiger partial charge in [-0.2, -0.15) is 0 Å². The SMILES string of the molecule is Cc1ccc(CN(C)C(=O)C2CCC(O)CC2)cc1F. The summed E-state index contributed by atoms with van der Waals surface area (Å²) in [5.41, 5.74) is 1.42. The molecule has 1 aromatic rings. The van der Waals surface area contributed by atoms with Gasteiger partial charge in [-0.3, -0.25) is 4.79 Å². The molecule has 4 heteroatoms. The summed E-state index contributed by atoms with van der Waals surface area (Å²) in [6, 6.07) is 5.08. The van der Waals surface area contributed by atoms with Crippen LogP contribution >= 0.6 is 0 Å². The molecule has 0 heterocycles. The highest BCUT2D eigenvalue weighted by Gasteiger charge is 2.27. The van der Waals surface area contributed by atoms with E-state index in [0.29, 0.717) is 24.9 Å². The summed E-state index contributed by atoms with van der Waals surface area (Å²) >= 11 is 0. The van der Waals surface area contributed by atoms with E-state index in [9.17, 15) is 14.3 Å². The van der Waals surface area contributed by atoms with E-state index in [1.54, 1.807) is 24.9 Å². The van der Waals surface area contributed by atoms with Gasteiger partial charge in [0.25, 0.3) is 0 Å². The fourth-order valence-corrected chi connectivity index (χ4v) is 2.72. The lowest BCUT2D eigenvalue weighted by atomic mass is 9.86. The zero-order chi connectivity index (χ0) is 14.7. The lowest BCUT2D eigenvalue weighted by Gasteiger charge is -2.28. The maximum Gasteiger partial charge on any atom is 0.225 e. The highest BCUT2D eigenvalue weighted by molar-refractivity contribution is 5.78. The van der Waals surface area contributed by atoms with Crippen molar-refractivity contribution >= 4 is 5.91 Å². The first-order chi connectivity index (χ1) is 9.47. The minimum Gasteiger partial charge on any atom is -0.393 e. The van der Waals surface area contributed by atoms with Crippen LogP contribution in [-0.4, -0.2) is 29.1 Å². The van der Waals surface area contributed by atoms with Crippen molar-refractivity contribution in [3.63, 3.8) is 0 Å². The number of hydrogen-bond donors (Lipinski definition) is 1. The molecule has 110 valence electrons. The van der Waals surface area contributed by atoms with E-state index in [0.717, 1.165) is 18.4 Å². The van der Waals surface area contributed by atoms with Crippen LogP contribution in [0, 0.1) is 18.7 Å². The lowest BCUT2D eigenvalue weighted by Crippen LogP contribution is -2.35. The van der Waals surface area contributed by atoms with Crippen LogP contribution in [0.4, 0.5) is 4.39 Å². The molecular weight excluding hydrogens is 257 g/mol. The highest BCUT2D eigenvalue weighted by atomic mass is 19.1. The number of rotatable bonds is 3. The predicted molar refractivity (Wildman–Crippen MR) is 75.6 cm³/mol. The fraction of sp³-hybridized carbons (Fsp3) is 0.562. The molecular formula is C16H22FNO2. The molecule has 1 aliphatic rings. The minimum absolute atomic E-state index is 0.00121. The number of carbonyl (C=O) groups is 1. The first-order valence-corrected chi connectivity index (χ1v) is 7.15. The quantitative estimate of drug-likeness (QED) is 0.924. The second-order valence-corrected chi connectivity index (χ2v) is 5.78. The molecule has 2 rings (SSSR count). The average Bonchev–Trinajstić information content (AvgIpc) is 2.43. The molecule has 1 N–H and O–H groups in total. The van der Waals surface area contributed by atoms with Crippen molar-refractivity contribution in [2.45, 2.75) is 45.3 Å². The molecule has 1 saturated carbocycles. The van der Waals surface area contributed by atoms with Crippen molar-refractivity contribution in [3.8, 4) is 0 Å². The Bertz CT molecular complexity index is 481. The standard InChI is InChI=1S/C16H22FNO2/c1-11-3-4-12(9-15(11)17)10-18(2)16(20)13-5-7-14(19)8-6-13/h3-4,9,13-14,19H,5-8,10H2,1-2H3. The van der Waals surface area contributed by atoms with Gasteiger partial charge < -0.3 is 10.0 Å². The molecule has 0 atom stereocenters. The number of aliphatic hydroxyl groups excluding tert-OH is 1. The largest absolute Gasteiger partial charge is 0.393 e. The van der Waals surface area contributed by atoms with Crippen molar-refractivity contribution in [2.24, 2.45) is 5.92 Å². The van der Waals surface area contributed by atoms with Crippen molar-refractivity contribution in [3.05, 3.63) is 35.1 Å². The van der Waals surface area contributed by atoms with Crippen LogP contribution < -0.4 is 0 Å². The molecule has 1 amide bonds. The summed E-state index contributed by atoms with van der Waals surface area (Å²) < 4.78 is 13.5. The van der Waals surface area contributed by atoms with E-state index in [1.807, 2.05) is 6.07 Å². The molecule has 1 aliphatic carbocycles. The van der Waals surface area contributed by atoms with Gasteiger partial charge in [-0.1, -0.05) is 12.1 Å². The van der Waals surface area contributed by atoms with Crippen molar-refractivity contribution in [2.75, 3.05) is 7.05 Å². The Morgan fingerprint density at radius 3 is 2.60 bits per heavy atom. The number of halogens is 1. The van der Waals surface area contributed by atoms with Crippen molar-refractivity contribution in [1.82, 2.24) is 4.90 Å². The van der Waals surface area contributed by atoms with Gasteiger partial charge in [0.1, 0.15) is 5.82 Å². The highest BCUT2D eigenvalue weighted by Crippen LogP contribution is 2.26. The fourth-order valence-electron chi connectivity index (χ4n) is 2.72. The Morgan fingerprint density at radius 1 is 1.35 bits per heavy atom. The van der Waals surface area contributed by atoms with E-state index in [4.69, 9.17) is 0 Å². The molecule has 3 nitrogen and oxygen atoms in total. The number of aliphatic hydroxyl groups is 1. The van der Waals surface area contributed by atoms with E-state index in [1.165, 1.54) is 6.07 Å². The van der Waals surface area contributed by atoms with E-state index < -0.39 is 0 Å². The van der Waals surface area contributed by atoms with Gasteiger partial charge in [0.2, 0.25) is 5.91 Å². The predicted octanol–water partition coefficient (Wildman–Crippen LogP) is 2.64. The van der Waals surface area contributed by atoms with Gasteiger partial charge in [-0.25, -0.2) is 4.39 Å². The molecule has 1 fully saturated rings. The molecule has 0 unspecified atom stereocenters. The first-order valence-electron chi connectivity index (χ1n) is 7.15. The van der Waals surface area contributed by atoms with E-state index in [-0.39, 0.29) is 23.7 Å². The summed E-state index contributed by atoms with van der Waals surface area (Å²) in [7, 11) is 1.76. The Kier molecular flexibility index (Phi) is 4.76. The second kappa shape index (κ2) is 6.35. The minimum atomic E-state index is -0.254. The molecule has 0 bridgehead atoms. The Labute approximate surface area is 119 Å². The number of benzene rings is 1. The van der Waals surface area contributed by atoms with E-state index in [2.05, 4.69) is 0 Å². The van der Waals surface area contributed by atoms with Gasteiger partial charge in [0.05, 0.1) is 6.10 Å². The third-order valence-electron chi connectivity index (χ3n) is 4.08. The molecule has 1 aromatic carbocycles. The first kappa shape index (κ1) is 15.0. The number of hydrogen-bond acceptors (Lipinski definition) is 2. The molecule has 0 aliphatic heterocycles. The van der Waals surface area contributed by atoms with Crippen LogP contribution in [0.25, 0.3) is 0 Å². The van der Waals surface area contributed by atoms with Crippen LogP contribution in [-0.2, 0) is 11.3 Å². The zero-order valence-electron chi connectivity index (χ0n) is 12.1. The van der Waals surface area contributed by atoms with Crippen molar-refractivity contribution in [1.29, 1.82) is 0 Å². The molecule has 0 spiro atoms. The topological polar surface area (TPSA) is 40.5 Å². The normalized spacial score (nSPS) is 22.6. The maximum atomic E-state index is 13.5. The third-order valence-corrected chi connectivity index (χ3v) is 4.08. The molecule has 0 saturated heterocycles. The Hall–Kier alpha value is -1.42. The van der Waals surface area contributed by atoms with E-state index >= 15 is 0 Å². The summed E-state index contributed by atoms with van der Waals surface area (Å²) in [4.78, 5) is 14.0. The molecule has 0 radical (unpaired) electrons.